The van der Waals surface area contributed by atoms with Crippen LogP contribution in [0.4, 0.5) is 0 Å². The maximum absolute atomic E-state index is 12.5. The van der Waals surface area contributed by atoms with Crippen LogP contribution in [0.3, 0.4) is 0 Å². The standard InChI is InChI=1S/C17H22N4O5S/c1-11-17(12(2)20-19-11)27(23,24)18-6-7-21(13(3)22)9-14-4-5-15-16(8-14)26-10-25-15/h4-5,8,18H,6-7,9-10H2,1-3H3,(H,19,20). The van der Waals surface area contributed by atoms with Gasteiger partial charge in [0.25, 0.3) is 0 Å². The second-order valence-corrected chi connectivity index (χ2v) is 7.99. The summed E-state index contributed by atoms with van der Waals surface area (Å²) in [6.07, 6.45) is 0. The third-order valence-electron chi connectivity index (χ3n) is 4.26. The number of aromatic nitrogens is 2. The molecule has 0 bridgehead atoms. The van der Waals surface area contributed by atoms with Crippen molar-refractivity contribution in [3.05, 3.63) is 35.2 Å². The predicted octanol–water partition coefficient (Wildman–Crippen LogP) is 1.08. The van der Waals surface area contributed by atoms with Crippen molar-refractivity contribution in [1.29, 1.82) is 0 Å². The van der Waals surface area contributed by atoms with Gasteiger partial charge in [0, 0.05) is 26.6 Å². The minimum Gasteiger partial charge on any atom is -0.454 e. The van der Waals surface area contributed by atoms with Crippen LogP contribution in [0, 0.1) is 13.8 Å². The molecule has 1 aliphatic rings. The Hall–Kier alpha value is -2.59. The van der Waals surface area contributed by atoms with Crippen LogP contribution in [0.15, 0.2) is 23.1 Å². The molecule has 0 atom stereocenters. The number of aromatic amines is 1. The molecule has 0 spiro atoms. The summed E-state index contributed by atoms with van der Waals surface area (Å²) in [6, 6.07) is 5.47. The second-order valence-electron chi connectivity index (χ2n) is 6.29. The van der Waals surface area contributed by atoms with E-state index in [2.05, 4.69) is 14.9 Å². The van der Waals surface area contributed by atoms with Gasteiger partial charge in [-0.25, -0.2) is 13.1 Å². The molecule has 0 aliphatic carbocycles. The monoisotopic (exact) mass is 394 g/mol. The fourth-order valence-corrected chi connectivity index (χ4v) is 4.32. The van der Waals surface area contributed by atoms with Crippen LogP contribution in [0.25, 0.3) is 0 Å². The fourth-order valence-electron chi connectivity index (χ4n) is 2.93. The minimum atomic E-state index is -3.70. The molecule has 1 aromatic carbocycles. The summed E-state index contributed by atoms with van der Waals surface area (Å²) in [4.78, 5) is 13.7. The van der Waals surface area contributed by atoms with E-state index < -0.39 is 10.0 Å². The van der Waals surface area contributed by atoms with Crippen molar-refractivity contribution in [2.75, 3.05) is 19.9 Å². The van der Waals surface area contributed by atoms with E-state index in [0.29, 0.717) is 29.4 Å². The molecule has 146 valence electrons. The molecular formula is C17H22N4O5S. The van der Waals surface area contributed by atoms with Crippen molar-refractivity contribution in [3.8, 4) is 11.5 Å². The highest BCUT2D eigenvalue weighted by Crippen LogP contribution is 2.32. The minimum absolute atomic E-state index is 0.0938. The number of amides is 1. The van der Waals surface area contributed by atoms with E-state index in [0.717, 1.165) is 5.56 Å². The van der Waals surface area contributed by atoms with Crippen LogP contribution in [-0.4, -0.2) is 49.3 Å². The molecule has 10 heteroatoms. The summed E-state index contributed by atoms with van der Waals surface area (Å²) in [7, 11) is -3.70. The van der Waals surface area contributed by atoms with E-state index in [-0.39, 0.29) is 30.7 Å². The predicted molar refractivity (Wildman–Crippen MR) is 96.9 cm³/mol. The Bertz CT molecular complexity index is 935. The number of hydrogen-bond acceptors (Lipinski definition) is 6. The van der Waals surface area contributed by atoms with Crippen molar-refractivity contribution in [1.82, 2.24) is 19.8 Å². The molecule has 9 nitrogen and oxygen atoms in total. The largest absolute Gasteiger partial charge is 0.454 e. The maximum atomic E-state index is 12.5. The summed E-state index contributed by atoms with van der Waals surface area (Å²) in [5, 5.41) is 6.57. The van der Waals surface area contributed by atoms with E-state index >= 15 is 0 Å². The van der Waals surface area contributed by atoms with Gasteiger partial charge in [0.1, 0.15) is 4.90 Å². The Kier molecular flexibility index (Phi) is 5.38. The lowest BCUT2D eigenvalue weighted by molar-refractivity contribution is -0.129. The van der Waals surface area contributed by atoms with Crippen LogP contribution < -0.4 is 14.2 Å². The van der Waals surface area contributed by atoms with Crippen LogP contribution in [-0.2, 0) is 21.4 Å². The molecule has 1 amide bonds. The van der Waals surface area contributed by atoms with Gasteiger partial charge < -0.3 is 14.4 Å². The Morgan fingerprint density at radius 3 is 2.70 bits per heavy atom. The van der Waals surface area contributed by atoms with Crippen LogP contribution in [0.5, 0.6) is 11.5 Å². The number of carbonyl (C=O) groups is 1. The average molecular weight is 394 g/mol. The number of nitrogens with zero attached hydrogens (tertiary/aromatic N) is 2. The normalized spacial score (nSPS) is 13.0. The number of benzene rings is 1. The average Bonchev–Trinajstić information content (AvgIpc) is 3.19. The summed E-state index contributed by atoms with van der Waals surface area (Å²) >= 11 is 0. The number of ether oxygens (including phenoxy) is 2. The molecule has 2 heterocycles. The number of H-pyrrole nitrogens is 1. The van der Waals surface area contributed by atoms with Gasteiger partial charge in [0.15, 0.2) is 11.5 Å². The van der Waals surface area contributed by atoms with Crippen LogP contribution in [0.1, 0.15) is 23.9 Å². The Morgan fingerprint density at radius 1 is 1.30 bits per heavy atom. The maximum Gasteiger partial charge on any atom is 0.244 e. The van der Waals surface area contributed by atoms with Crippen molar-refractivity contribution < 1.29 is 22.7 Å². The number of hydrogen-bond donors (Lipinski definition) is 2. The molecule has 27 heavy (non-hydrogen) atoms. The number of carbonyl (C=O) groups excluding carboxylic acids is 1. The number of sulfonamides is 1. The van der Waals surface area contributed by atoms with E-state index in [4.69, 9.17) is 9.47 Å². The van der Waals surface area contributed by atoms with Crippen LogP contribution >= 0.6 is 0 Å². The molecular weight excluding hydrogens is 372 g/mol. The number of aryl methyl sites for hydroxylation is 2. The highest BCUT2D eigenvalue weighted by Gasteiger charge is 2.22. The lowest BCUT2D eigenvalue weighted by Crippen LogP contribution is -2.37. The number of rotatable bonds is 7. The van der Waals surface area contributed by atoms with Crippen molar-refractivity contribution in [2.45, 2.75) is 32.2 Å². The van der Waals surface area contributed by atoms with Gasteiger partial charge in [-0.15, -0.1) is 0 Å². The van der Waals surface area contributed by atoms with Gasteiger partial charge >= 0.3 is 0 Å². The summed E-state index contributed by atoms with van der Waals surface area (Å²) in [5.41, 5.74) is 1.76. The zero-order valence-corrected chi connectivity index (χ0v) is 16.2. The quantitative estimate of drug-likeness (QED) is 0.727. The highest BCUT2D eigenvalue weighted by molar-refractivity contribution is 7.89. The first kappa shape index (κ1) is 19.2. The summed E-state index contributed by atoms with van der Waals surface area (Å²) in [6.45, 7) is 5.58. The lowest BCUT2D eigenvalue weighted by Gasteiger charge is -2.21. The third kappa shape index (κ3) is 4.22. The Labute approximate surface area is 157 Å². The molecule has 0 radical (unpaired) electrons. The molecule has 1 aliphatic heterocycles. The SMILES string of the molecule is CC(=O)N(CCNS(=O)(=O)c1c(C)n[nH]c1C)Cc1ccc2c(c1)OCO2. The van der Waals surface area contributed by atoms with E-state index in [9.17, 15) is 13.2 Å². The first-order valence-electron chi connectivity index (χ1n) is 8.43. The molecule has 0 saturated heterocycles. The van der Waals surface area contributed by atoms with Gasteiger partial charge in [0.05, 0.1) is 11.4 Å². The summed E-state index contributed by atoms with van der Waals surface area (Å²) in [5.74, 6) is 1.16. The molecule has 2 N–H and O–H groups in total. The number of fused-ring (bicyclic) bond motifs is 1. The second kappa shape index (κ2) is 7.57. The lowest BCUT2D eigenvalue weighted by atomic mass is 10.2. The van der Waals surface area contributed by atoms with Gasteiger partial charge in [-0.3, -0.25) is 9.89 Å². The molecule has 2 aromatic rings. The zero-order valence-electron chi connectivity index (χ0n) is 15.4. The van der Waals surface area contributed by atoms with E-state index in [1.54, 1.807) is 24.8 Å². The zero-order chi connectivity index (χ0) is 19.6. The van der Waals surface area contributed by atoms with Crippen molar-refractivity contribution >= 4 is 15.9 Å². The molecule has 0 saturated carbocycles. The van der Waals surface area contributed by atoms with Crippen LogP contribution in [0.2, 0.25) is 0 Å². The van der Waals surface area contributed by atoms with Gasteiger partial charge in [-0.05, 0) is 31.5 Å². The third-order valence-corrected chi connectivity index (χ3v) is 5.98. The summed E-state index contributed by atoms with van der Waals surface area (Å²) < 4.78 is 38.1. The Morgan fingerprint density at radius 2 is 2.04 bits per heavy atom. The topological polar surface area (TPSA) is 114 Å². The number of nitrogens with one attached hydrogen (secondary N) is 2. The first-order valence-corrected chi connectivity index (χ1v) is 9.91. The van der Waals surface area contributed by atoms with E-state index in [1.807, 2.05) is 12.1 Å². The van der Waals surface area contributed by atoms with Gasteiger partial charge in [-0.2, -0.15) is 5.10 Å². The Balaban J connectivity index is 1.63. The van der Waals surface area contributed by atoms with Gasteiger partial charge in [0.2, 0.25) is 22.7 Å². The smallest absolute Gasteiger partial charge is 0.244 e. The molecule has 3 rings (SSSR count). The van der Waals surface area contributed by atoms with Gasteiger partial charge in [-0.1, -0.05) is 6.07 Å². The fraction of sp³-hybridized carbons (Fsp3) is 0.412. The molecule has 1 aromatic heterocycles. The van der Waals surface area contributed by atoms with E-state index in [1.165, 1.54) is 6.92 Å². The van der Waals surface area contributed by atoms with Crippen molar-refractivity contribution in [3.63, 3.8) is 0 Å². The first-order chi connectivity index (χ1) is 12.8. The highest BCUT2D eigenvalue weighted by atomic mass is 32.2. The molecule has 0 unspecified atom stereocenters. The molecule has 0 fully saturated rings. The van der Waals surface area contributed by atoms with Crippen molar-refractivity contribution in [2.24, 2.45) is 0 Å².